The van der Waals surface area contributed by atoms with Crippen molar-refractivity contribution in [3.8, 4) is 0 Å². The molecule has 13 heavy (non-hydrogen) atoms. The lowest BCUT2D eigenvalue weighted by Gasteiger charge is -2.09. The van der Waals surface area contributed by atoms with Gasteiger partial charge in [0.2, 0.25) is 0 Å². The molecule has 0 aliphatic heterocycles. The van der Waals surface area contributed by atoms with Crippen LogP contribution in [0.2, 0.25) is 0 Å². The Morgan fingerprint density at radius 2 is 2.08 bits per heavy atom. The number of alkyl halides is 3. The third kappa shape index (κ3) is 8.93. The van der Waals surface area contributed by atoms with Gasteiger partial charge in [0.15, 0.2) is 0 Å². The van der Waals surface area contributed by atoms with Crippen LogP contribution in [-0.2, 0) is 4.74 Å². The van der Waals surface area contributed by atoms with Crippen LogP contribution in [0.3, 0.4) is 0 Å². The molecule has 0 atom stereocenters. The summed E-state index contributed by atoms with van der Waals surface area (Å²) in [4.78, 5) is 10.4. The molecule has 0 saturated heterocycles. The summed E-state index contributed by atoms with van der Waals surface area (Å²) in [5, 5.41) is 2.83. The fraction of sp³-hybridized carbons (Fsp3) is 0.833. The van der Waals surface area contributed by atoms with Crippen molar-refractivity contribution >= 4 is 6.03 Å². The fourth-order valence-corrected chi connectivity index (χ4v) is 0.591. The van der Waals surface area contributed by atoms with Crippen molar-refractivity contribution in [2.45, 2.75) is 12.7 Å². The molecule has 2 N–H and O–H groups in total. The van der Waals surface area contributed by atoms with Crippen molar-refractivity contribution in [2.24, 2.45) is 0 Å². The maximum atomic E-state index is 11.5. The molecule has 0 radical (unpaired) electrons. The molecule has 0 rings (SSSR count). The Hall–Kier alpha value is -0.980. The quantitative estimate of drug-likeness (QED) is 0.522. The molecule has 0 heterocycles. The molecule has 78 valence electrons. The monoisotopic (exact) mass is 200 g/mol. The summed E-state index contributed by atoms with van der Waals surface area (Å²) in [6, 6.07) is -1.25. The van der Waals surface area contributed by atoms with Crippen LogP contribution < -0.4 is 10.6 Å². The van der Waals surface area contributed by atoms with Gasteiger partial charge >= 0.3 is 12.3 Å². The third-order valence-corrected chi connectivity index (χ3v) is 1.07. The van der Waals surface area contributed by atoms with E-state index in [1.807, 2.05) is 5.32 Å². The number of nitrogens with one attached hydrogen (secondary N) is 2. The topological polar surface area (TPSA) is 50.4 Å². The van der Waals surface area contributed by atoms with Gasteiger partial charge < -0.3 is 10.1 Å². The van der Waals surface area contributed by atoms with Crippen molar-refractivity contribution in [3.05, 3.63) is 0 Å². The molecule has 0 aromatic heterocycles. The van der Waals surface area contributed by atoms with Gasteiger partial charge in [-0.3, -0.25) is 0 Å². The van der Waals surface area contributed by atoms with E-state index in [2.05, 4.69) is 4.74 Å². The highest BCUT2D eigenvalue weighted by Crippen LogP contribution is 2.08. The lowest BCUT2D eigenvalue weighted by molar-refractivity contribution is -0.145. The molecule has 0 aromatic carbocycles. The molecule has 0 saturated carbocycles. The molecule has 0 unspecified atom stereocenters. The minimum absolute atomic E-state index is 0.149. The summed E-state index contributed by atoms with van der Waals surface area (Å²) in [6.07, 6.45) is -4.20. The molecule has 0 aliphatic rings. The van der Waals surface area contributed by atoms with E-state index in [1.165, 1.54) is 7.11 Å². The number of hydrogen-bond donors (Lipinski definition) is 2. The number of carbonyl (C=O) groups is 1. The molecular weight excluding hydrogens is 189 g/mol. The highest BCUT2D eigenvalue weighted by Gasteiger charge is 2.29. The smallest absolute Gasteiger partial charge is 0.385 e. The van der Waals surface area contributed by atoms with Crippen LogP contribution in [0.1, 0.15) is 6.42 Å². The highest BCUT2D eigenvalue weighted by molar-refractivity contribution is 5.74. The van der Waals surface area contributed by atoms with E-state index in [9.17, 15) is 18.0 Å². The first-order chi connectivity index (χ1) is 5.95. The van der Waals surface area contributed by atoms with Crippen molar-refractivity contribution in [2.75, 3.05) is 20.3 Å². The first-order valence-electron chi connectivity index (χ1n) is 3.57. The normalized spacial score (nSPS) is 11.1. The maximum Gasteiger partial charge on any atom is 0.485 e. The van der Waals surface area contributed by atoms with Crippen LogP contribution in [0.25, 0.3) is 0 Å². The van der Waals surface area contributed by atoms with Gasteiger partial charge in [0.1, 0.15) is 0 Å². The molecule has 0 fully saturated rings. The minimum atomic E-state index is -4.68. The van der Waals surface area contributed by atoms with Gasteiger partial charge in [-0.25, -0.2) is 10.1 Å². The molecule has 0 aliphatic carbocycles. The van der Waals surface area contributed by atoms with Gasteiger partial charge in [-0.15, -0.1) is 0 Å². The Balaban J connectivity index is 3.41. The summed E-state index contributed by atoms with van der Waals surface area (Å²) in [7, 11) is 1.47. The lowest BCUT2D eigenvalue weighted by Crippen LogP contribution is -2.44. The number of amides is 2. The standard InChI is InChI=1S/C6H11F3N2O2/c1-13-4-2-3-10-5(12)11-6(7,8)9/h2-4H2,1H3,(H2,10,11,12). The zero-order valence-electron chi connectivity index (χ0n) is 7.07. The van der Waals surface area contributed by atoms with E-state index in [0.717, 1.165) is 5.32 Å². The van der Waals surface area contributed by atoms with E-state index in [-0.39, 0.29) is 6.54 Å². The van der Waals surface area contributed by atoms with Gasteiger partial charge in [-0.2, -0.15) is 13.2 Å². The number of hydrogen-bond acceptors (Lipinski definition) is 2. The van der Waals surface area contributed by atoms with Gasteiger partial charge in [0, 0.05) is 20.3 Å². The number of methoxy groups -OCH3 is 1. The van der Waals surface area contributed by atoms with E-state index < -0.39 is 12.3 Å². The van der Waals surface area contributed by atoms with Crippen LogP contribution in [0, 0.1) is 0 Å². The lowest BCUT2D eigenvalue weighted by atomic mass is 10.4. The van der Waals surface area contributed by atoms with Gasteiger partial charge in [0.25, 0.3) is 0 Å². The van der Waals surface area contributed by atoms with Crippen molar-refractivity contribution in [3.63, 3.8) is 0 Å². The first-order valence-corrected chi connectivity index (χ1v) is 3.57. The predicted molar refractivity (Wildman–Crippen MR) is 39.1 cm³/mol. The van der Waals surface area contributed by atoms with E-state index in [4.69, 9.17) is 0 Å². The average molecular weight is 200 g/mol. The number of rotatable bonds is 4. The minimum Gasteiger partial charge on any atom is -0.385 e. The summed E-state index contributed by atoms with van der Waals surface area (Å²) >= 11 is 0. The van der Waals surface area contributed by atoms with Gasteiger partial charge in [0.05, 0.1) is 0 Å². The second-order valence-electron chi connectivity index (χ2n) is 2.23. The summed E-state index contributed by atoms with van der Waals surface area (Å²) < 4.78 is 39.1. The number of halogens is 3. The van der Waals surface area contributed by atoms with Crippen molar-refractivity contribution < 1.29 is 22.7 Å². The first kappa shape index (κ1) is 12.0. The highest BCUT2D eigenvalue weighted by atomic mass is 19.4. The van der Waals surface area contributed by atoms with Crippen molar-refractivity contribution in [1.29, 1.82) is 0 Å². The van der Waals surface area contributed by atoms with Crippen LogP contribution in [0.15, 0.2) is 0 Å². The predicted octanol–water partition coefficient (Wildman–Crippen LogP) is 0.842. The largest absolute Gasteiger partial charge is 0.485 e. The van der Waals surface area contributed by atoms with Gasteiger partial charge in [-0.1, -0.05) is 0 Å². The van der Waals surface area contributed by atoms with Crippen LogP contribution in [0.5, 0.6) is 0 Å². The van der Waals surface area contributed by atoms with Crippen LogP contribution in [-0.4, -0.2) is 32.6 Å². The molecule has 0 bridgehead atoms. The number of ether oxygens (including phenoxy) is 1. The summed E-state index contributed by atoms with van der Waals surface area (Å²) in [5.74, 6) is 0. The van der Waals surface area contributed by atoms with Crippen LogP contribution >= 0.6 is 0 Å². The Bertz CT molecular complexity index is 160. The van der Waals surface area contributed by atoms with Crippen molar-refractivity contribution in [1.82, 2.24) is 10.6 Å². The molecule has 2 amide bonds. The van der Waals surface area contributed by atoms with Gasteiger partial charge in [-0.05, 0) is 6.42 Å². The zero-order valence-corrected chi connectivity index (χ0v) is 7.07. The second-order valence-corrected chi connectivity index (χ2v) is 2.23. The SMILES string of the molecule is COCCCNC(=O)NC(F)(F)F. The Kier molecular flexibility index (Phi) is 5.20. The van der Waals surface area contributed by atoms with E-state index >= 15 is 0 Å². The fourth-order valence-electron chi connectivity index (χ4n) is 0.591. The Morgan fingerprint density at radius 3 is 2.54 bits per heavy atom. The summed E-state index contributed by atoms with van der Waals surface area (Å²) in [5.41, 5.74) is 0. The molecule has 0 aromatic rings. The van der Waals surface area contributed by atoms with E-state index in [1.54, 1.807) is 0 Å². The summed E-state index contributed by atoms with van der Waals surface area (Å²) in [6.45, 7) is 0.544. The Morgan fingerprint density at radius 1 is 1.46 bits per heavy atom. The third-order valence-electron chi connectivity index (χ3n) is 1.07. The molecular formula is C6H11F3N2O2. The second kappa shape index (κ2) is 5.63. The Labute approximate surface area is 73.4 Å². The molecule has 7 heteroatoms. The number of urea groups is 1. The maximum absolute atomic E-state index is 11.5. The zero-order chi connectivity index (χ0) is 10.3. The average Bonchev–Trinajstić information content (AvgIpc) is 1.94. The molecule has 4 nitrogen and oxygen atoms in total. The van der Waals surface area contributed by atoms with Crippen LogP contribution in [0.4, 0.5) is 18.0 Å². The number of carbonyl (C=O) groups excluding carboxylic acids is 1. The molecule has 0 spiro atoms. The van der Waals surface area contributed by atoms with E-state index in [0.29, 0.717) is 13.0 Å².